The standard InChI is InChI=1S/C17H17Cl2NO2S/c1-10-4-7-15(23-10)16(12-6-5-11(18)9-13(12)19)20-8-2-3-14(20)17(21)22/h4-7,9,14,16H,2-3,8H2,1H3,(H,21,22). The van der Waals surface area contributed by atoms with Gasteiger partial charge in [-0.05, 0) is 49.6 Å². The third-order valence-corrected chi connectivity index (χ3v) is 5.81. The van der Waals surface area contributed by atoms with Gasteiger partial charge in [0.2, 0.25) is 0 Å². The fraction of sp³-hybridized carbons (Fsp3) is 0.353. The summed E-state index contributed by atoms with van der Waals surface area (Å²) in [4.78, 5) is 16.0. The third-order valence-electron chi connectivity index (χ3n) is 4.20. The lowest BCUT2D eigenvalue weighted by Gasteiger charge is -2.31. The number of thiophene rings is 1. The van der Waals surface area contributed by atoms with Gasteiger partial charge in [-0.2, -0.15) is 0 Å². The van der Waals surface area contributed by atoms with Gasteiger partial charge in [0.15, 0.2) is 0 Å². The number of aliphatic carboxylic acids is 1. The number of benzene rings is 1. The smallest absolute Gasteiger partial charge is 0.320 e. The van der Waals surface area contributed by atoms with E-state index in [4.69, 9.17) is 23.2 Å². The summed E-state index contributed by atoms with van der Waals surface area (Å²) < 4.78 is 0. The monoisotopic (exact) mass is 369 g/mol. The van der Waals surface area contributed by atoms with Crippen LogP contribution in [0.1, 0.15) is 34.2 Å². The van der Waals surface area contributed by atoms with Crippen LogP contribution >= 0.6 is 34.5 Å². The van der Waals surface area contributed by atoms with E-state index in [1.54, 1.807) is 17.4 Å². The fourth-order valence-corrected chi connectivity index (χ4v) is 4.71. The van der Waals surface area contributed by atoms with Gasteiger partial charge < -0.3 is 5.11 Å². The molecule has 122 valence electrons. The molecular formula is C17H17Cl2NO2S. The van der Waals surface area contributed by atoms with Gasteiger partial charge in [-0.25, -0.2) is 0 Å². The highest BCUT2D eigenvalue weighted by atomic mass is 35.5. The van der Waals surface area contributed by atoms with E-state index in [1.807, 2.05) is 24.0 Å². The maximum atomic E-state index is 11.6. The molecule has 1 aliphatic heterocycles. The summed E-state index contributed by atoms with van der Waals surface area (Å²) in [6.07, 6.45) is 1.55. The minimum atomic E-state index is -0.772. The van der Waals surface area contributed by atoms with Crippen molar-refractivity contribution in [3.05, 3.63) is 55.7 Å². The van der Waals surface area contributed by atoms with Gasteiger partial charge in [-0.1, -0.05) is 29.3 Å². The molecule has 1 aliphatic rings. The van der Waals surface area contributed by atoms with Crippen LogP contribution in [0.2, 0.25) is 10.0 Å². The Morgan fingerprint density at radius 1 is 1.35 bits per heavy atom. The normalized spacial score (nSPS) is 19.9. The first-order valence-corrected chi connectivity index (χ1v) is 9.04. The van der Waals surface area contributed by atoms with E-state index in [9.17, 15) is 9.90 Å². The second kappa shape index (κ2) is 6.81. The Morgan fingerprint density at radius 3 is 2.74 bits per heavy atom. The maximum absolute atomic E-state index is 11.6. The molecule has 1 aromatic heterocycles. The van der Waals surface area contributed by atoms with Gasteiger partial charge in [0.1, 0.15) is 6.04 Å². The van der Waals surface area contributed by atoms with E-state index in [-0.39, 0.29) is 6.04 Å². The van der Waals surface area contributed by atoms with Crippen molar-refractivity contribution in [2.45, 2.75) is 31.8 Å². The van der Waals surface area contributed by atoms with Gasteiger partial charge >= 0.3 is 5.97 Å². The Kier molecular flexibility index (Phi) is 4.97. The maximum Gasteiger partial charge on any atom is 0.320 e. The molecule has 2 heterocycles. The molecule has 0 amide bonds. The molecule has 1 aromatic carbocycles. The largest absolute Gasteiger partial charge is 0.480 e. The molecule has 23 heavy (non-hydrogen) atoms. The van der Waals surface area contributed by atoms with Crippen LogP contribution < -0.4 is 0 Å². The SMILES string of the molecule is Cc1ccc(C(c2ccc(Cl)cc2Cl)N2CCCC2C(=O)O)s1. The molecule has 0 saturated carbocycles. The molecule has 2 atom stereocenters. The van der Waals surface area contributed by atoms with Crippen molar-refractivity contribution in [2.75, 3.05) is 6.54 Å². The van der Waals surface area contributed by atoms with Crippen LogP contribution in [0, 0.1) is 6.92 Å². The summed E-state index contributed by atoms with van der Waals surface area (Å²) in [5.74, 6) is -0.772. The summed E-state index contributed by atoms with van der Waals surface area (Å²) in [5, 5.41) is 10.7. The molecule has 0 aliphatic carbocycles. The predicted molar refractivity (Wildman–Crippen MR) is 94.7 cm³/mol. The quantitative estimate of drug-likeness (QED) is 0.823. The molecule has 1 N–H and O–H groups in total. The van der Waals surface area contributed by atoms with Crippen LogP contribution in [-0.2, 0) is 4.79 Å². The van der Waals surface area contributed by atoms with E-state index < -0.39 is 12.0 Å². The molecule has 3 rings (SSSR count). The Hall–Kier alpha value is -1.07. The van der Waals surface area contributed by atoms with Gasteiger partial charge in [0.05, 0.1) is 6.04 Å². The average molecular weight is 370 g/mol. The Balaban J connectivity index is 2.09. The first-order valence-electron chi connectivity index (χ1n) is 7.47. The van der Waals surface area contributed by atoms with E-state index in [0.717, 1.165) is 23.4 Å². The fourth-order valence-electron chi connectivity index (χ4n) is 3.18. The first-order chi connectivity index (χ1) is 11.0. The molecule has 2 aromatic rings. The summed E-state index contributed by atoms with van der Waals surface area (Å²) in [6.45, 7) is 2.80. The first kappa shape index (κ1) is 16.8. The molecular weight excluding hydrogens is 353 g/mol. The van der Waals surface area contributed by atoms with Gasteiger partial charge in [0, 0.05) is 26.3 Å². The molecule has 1 fully saturated rings. The second-order valence-corrected chi connectivity index (χ2v) is 7.91. The van der Waals surface area contributed by atoms with Gasteiger partial charge in [-0.15, -0.1) is 11.3 Å². The number of likely N-dealkylation sites (tertiary alicyclic amines) is 1. The summed E-state index contributed by atoms with van der Waals surface area (Å²) in [5.41, 5.74) is 0.908. The number of nitrogens with zero attached hydrogens (tertiary/aromatic N) is 1. The Bertz CT molecular complexity index is 731. The van der Waals surface area contributed by atoms with Crippen LogP contribution in [0.15, 0.2) is 30.3 Å². The average Bonchev–Trinajstić information content (AvgIpc) is 3.11. The van der Waals surface area contributed by atoms with Crippen molar-refractivity contribution >= 4 is 40.5 Å². The number of aryl methyl sites for hydroxylation is 1. The van der Waals surface area contributed by atoms with Crippen LogP contribution in [-0.4, -0.2) is 28.6 Å². The van der Waals surface area contributed by atoms with E-state index in [2.05, 4.69) is 12.1 Å². The van der Waals surface area contributed by atoms with E-state index in [1.165, 1.54) is 4.88 Å². The number of carbonyl (C=O) groups is 1. The number of hydrogen-bond acceptors (Lipinski definition) is 3. The Labute approximate surface area is 149 Å². The van der Waals surface area contributed by atoms with Crippen molar-refractivity contribution in [3.63, 3.8) is 0 Å². The number of halogens is 2. The zero-order valence-corrected chi connectivity index (χ0v) is 15.0. The Morgan fingerprint density at radius 2 is 2.13 bits per heavy atom. The lowest BCUT2D eigenvalue weighted by molar-refractivity contribution is -0.142. The molecule has 1 saturated heterocycles. The zero-order valence-electron chi connectivity index (χ0n) is 12.6. The molecule has 3 nitrogen and oxygen atoms in total. The number of carboxylic acids is 1. The number of hydrogen-bond donors (Lipinski definition) is 1. The molecule has 0 radical (unpaired) electrons. The zero-order chi connectivity index (χ0) is 16.6. The number of carboxylic acid groups (broad SMARTS) is 1. The van der Waals surface area contributed by atoms with Crippen molar-refractivity contribution in [2.24, 2.45) is 0 Å². The van der Waals surface area contributed by atoms with Gasteiger partial charge in [0.25, 0.3) is 0 Å². The summed E-state index contributed by atoms with van der Waals surface area (Å²) in [6, 6.07) is 8.92. The topological polar surface area (TPSA) is 40.5 Å². The highest BCUT2D eigenvalue weighted by molar-refractivity contribution is 7.12. The van der Waals surface area contributed by atoms with Crippen molar-refractivity contribution in [1.29, 1.82) is 0 Å². The lowest BCUT2D eigenvalue weighted by atomic mass is 10.0. The van der Waals surface area contributed by atoms with Crippen LogP contribution in [0.25, 0.3) is 0 Å². The summed E-state index contributed by atoms with van der Waals surface area (Å²) in [7, 11) is 0. The summed E-state index contributed by atoms with van der Waals surface area (Å²) >= 11 is 14.1. The predicted octanol–water partition coefficient (Wildman–Crippen LogP) is 5.00. The molecule has 0 spiro atoms. The molecule has 6 heteroatoms. The highest BCUT2D eigenvalue weighted by Gasteiger charge is 2.38. The highest BCUT2D eigenvalue weighted by Crippen LogP contribution is 2.41. The van der Waals surface area contributed by atoms with E-state index >= 15 is 0 Å². The minimum Gasteiger partial charge on any atom is -0.480 e. The van der Waals surface area contributed by atoms with Crippen molar-refractivity contribution < 1.29 is 9.90 Å². The minimum absolute atomic E-state index is 0.151. The van der Waals surface area contributed by atoms with Gasteiger partial charge in [-0.3, -0.25) is 9.69 Å². The molecule has 2 unspecified atom stereocenters. The van der Waals surface area contributed by atoms with Crippen molar-refractivity contribution in [3.8, 4) is 0 Å². The molecule has 0 bridgehead atoms. The van der Waals surface area contributed by atoms with Crippen molar-refractivity contribution in [1.82, 2.24) is 4.90 Å². The van der Waals surface area contributed by atoms with Crippen LogP contribution in [0.3, 0.4) is 0 Å². The van der Waals surface area contributed by atoms with Crippen LogP contribution in [0.5, 0.6) is 0 Å². The van der Waals surface area contributed by atoms with E-state index in [0.29, 0.717) is 16.5 Å². The second-order valence-electron chi connectivity index (χ2n) is 5.75. The lowest BCUT2D eigenvalue weighted by Crippen LogP contribution is -2.39. The third kappa shape index (κ3) is 3.41. The number of rotatable bonds is 4. The van der Waals surface area contributed by atoms with Crippen LogP contribution in [0.4, 0.5) is 0 Å².